The summed E-state index contributed by atoms with van der Waals surface area (Å²) in [4.78, 5) is 17.2. The fraction of sp³-hybridized carbons (Fsp3) is 0.222. The Labute approximate surface area is 140 Å². The molecule has 0 amide bonds. The van der Waals surface area contributed by atoms with Gasteiger partial charge in [0, 0.05) is 12.6 Å². The lowest BCUT2D eigenvalue weighted by atomic mass is 10.1. The topological polar surface area (TPSA) is 44.1 Å². The van der Waals surface area contributed by atoms with Gasteiger partial charge in [-0.2, -0.15) is 13.2 Å². The molecule has 1 aromatic carbocycles. The van der Waals surface area contributed by atoms with E-state index in [0.29, 0.717) is 23.1 Å². The maximum absolute atomic E-state index is 13.0. The van der Waals surface area contributed by atoms with E-state index in [4.69, 9.17) is 4.74 Å². The fourth-order valence-electron chi connectivity index (χ4n) is 3.15. The van der Waals surface area contributed by atoms with Crippen molar-refractivity contribution in [3.63, 3.8) is 0 Å². The first-order chi connectivity index (χ1) is 11.9. The van der Waals surface area contributed by atoms with E-state index in [-0.39, 0.29) is 17.4 Å². The molecule has 2 aromatic heterocycles. The summed E-state index contributed by atoms with van der Waals surface area (Å²) in [6, 6.07) is 8.14. The Kier molecular flexibility index (Phi) is 3.35. The lowest BCUT2D eigenvalue weighted by Gasteiger charge is -2.14. The van der Waals surface area contributed by atoms with Crippen LogP contribution in [-0.4, -0.2) is 15.7 Å². The number of aromatic nitrogens is 2. The molecule has 0 bridgehead atoms. The summed E-state index contributed by atoms with van der Waals surface area (Å²) in [7, 11) is 0. The van der Waals surface area contributed by atoms with Gasteiger partial charge in [-0.1, -0.05) is 6.07 Å². The van der Waals surface area contributed by atoms with Gasteiger partial charge in [0.1, 0.15) is 11.9 Å². The van der Waals surface area contributed by atoms with Crippen LogP contribution in [0, 0.1) is 0 Å². The standard InChI is InChI=1S/C18H13F3N2O2/c1-10-8-14-15(25-10)13-6-3-7-22-16(13)23(17(14)24)12-5-2-4-11(9-12)18(19,20)21/h2-7,9-10H,8H2,1H3. The molecule has 1 atom stereocenters. The second kappa shape index (κ2) is 5.34. The van der Waals surface area contributed by atoms with Crippen LogP contribution in [0.1, 0.15) is 18.1 Å². The van der Waals surface area contributed by atoms with Crippen molar-refractivity contribution >= 4 is 11.0 Å². The number of benzene rings is 1. The SMILES string of the molecule is CC1Cc2c(c3cccnc3n(-c3cccc(C(F)(F)F)c3)c2=O)O1. The molecule has 0 aliphatic carbocycles. The molecule has 1 aliphatic heterocycles. The van der Waals surface area contributed by atoms with Crippen LogP contribution in [0.5, 0.6) is 5.75 Å². The van der Waals surface area contributed by atoms with E-state index in [1.807, 2.05) is 6.92 Å². The summed E-state index contributed by atoms with van der Waals surface area (Å²) in [5.74, 6) is 0.476. The van der Waals surface area contributed by atoms with Crippen LogP contribution in [0.2, 0.25) is 0 Å². The Hall–Kier alpha value is -2.83. The molecule has 128 valence electrons. The monoisotopic (exact) mass is 346 g/mol. The maximum Gasteiger partial charge on any atom is 0.416 e. The zero-order valence-electron chi connectivity index (χ0n) is 13.2. The molecule has 0 saturated carbocycles. The summed E-state index contributed by atoms with van der Waals surface area (Å²) in [5.41, 5.74) is -0.341. The van der Waals surface area contributed by atoms with Crippen LogP contribution >= 0.6 is 0 Å². The summed E-state index contributed by atoms with van der Waals surface area (Å²) in [6.07, 6.45) is -2.74. The summed E-state index contributed by atoms with van der Waals surface area (Å²) >= 11 is 0. The van der Waals surface area contributed by atoms with Crippen LogP contribution in [0.15, 0.2) is 47.4 Å². The molecule has 4 rings (SSSR count). The number of hydrogen-bond acceptors (Lipinski definition) is 3. The highest BCUT2D eigenvalue weighted by Crippen LogP contribution is 2.35. The van der Waals surface area contributed by atoms with Gasteiger partial charge in [-0.25, -0.2) is 4.98 Å². The number of rotatable bonds is 1. The van der Waals surface area contributed by atoms with Crippen molar-refractivity contribution in [3.8, 4) is 11.4 Å². The highest BCUT2D eigenvalue weighted by atomic mass is 19.4. The first-order valence-electron chi connectivity index (χ1n) is 7.73. The number of nitrogens with zero attached hydrogens (tertiary/aromatic N) is 2. The minimum atomic E-state index is -4.49. The molecule has 1 unspecified atom stereocenters. The van der Waals surface area contributed by atoms with Crippen molar-refractivity contribution in [3.05, 3.63) is 64.1 Å². The lowest BCUT2D eigenvalue weighted by Crippen LogP contribution is -2.23. The molecule has 0 saturated heterocycles. The van der Waals surface area contributed by atoms with Gasteiger partial charge in [0.15, 0.2) is 5.65 Å². The van der Waals surface area contributed by atoms with Crippen molar-refractivity contribution in [1.29, 1.82) is 0 Å². The van der Waals surface area contributed by atoms with Gasteiger partial charge >= 0.3 is 6.18 Å². The van der Waals surface area contributed by atoms with Crippen LogP contribution in [-0.2, 0) is 12.6 Å². The first kappa shape index (κ1) is 15.7. The van der Waals surface area contributed by atoms with Gasteiger partial charge in [-0.15, -0.1) is 0 Å². The minimum absolute atomic E-state index is 0.130. The number of hydrogen-bond donors (Lipinski definition) is 0. The Balaban J connectivity index is 2.06. The minimum Gasteiger partial charge on any atom is -0.489 e. The van der Waals surface area contributed by atoms with E-state index in [1.54, 1.807) is 12.1 Å². The fourth-order valence-corrected chi connectivity index (χ4v) is 3.15. The Bertz CT molecular complexity index is 1040. The largest absolute Gasteiger partial charge is 0.489 e. The van der Waals surface area contributed by atoms with E-state index < -0.39 is 17.3 Å². The zero-order valence-corrected chi connectivity index (χ0v) is 13.2. The third-order valence-electron chi connectivity index (χ3n) is 4.22. The van der Waals surface area contributed by atoms with E-state index in [9.17, 15) is 18.0 Å². The molecule has 0 fully saturated rings. The van der Waals surface area contributed by atoms with Crippen molar-refractivity contribution in [1.82, 2.24) is 9.55 Å². The normalized spacial score (nSPS) is 16.7. The highest BCUT2D eigenvalue weighted by Gasteiger charge is 2.32. The Morgan fingerprint density at radius 2 is 2.04 bits per heavy atom. The predicted molar refractivity (Wildman–Crippen MR) is 86.1 cm³/mol. The van der Waals surface area contributed by atoms with E-state index in [1.165, 1.54) is 22.9 Å². The molecule has 4 nitrogen and oxygen atoms in total. The van der Waals surface area contributed by atoms with Crippen LogP contribution in [0.25, 0.3) is 16.7 Å². The number of alkyl halides is 3. The molecule has 25 heavy (non-hydrogen) atoms. The van der Waals surface area contributed by atoms with Gasteiger partial charge in [0.05, 0.1) is 22.2 Å². The molecule has 3 aromatic rings. The summed E-state index contributed by atoms with van der Waals surface area (Å²) < 4.78 is 46.1. The van der Waals surface area contributed by atoms with Gasteiger partial charge in [-0.3, -0.25) is 9.36 Å². The van der Waals surface area contributed by atoms with Crippen LogP contribution in [0.3, 0.4) is 0 Å². The molecular weight excluding hydrogens is 333 g/mol. The second-order valence-electron chi connectivity index (χ2n) is 6.00. The first-order valence-corrected chi connectivity index (χ1v) is 7.73. The average Bonchev–Trinajstić information content (AvgIpc) is 2.97. The van der Waals surface area contributed by atoms with Gasteiger partial charge in [0.2, 0.25) is 0 Å². The van der Waals surface area contributed by atoms with Crippen LogP contribution < -0.4 is 10.3 Å². The summed E-state index contributed by atoms with van der Waals surface area (Å²) in [6.45, 7) is 1.84. The molecule has 7 heteroatoms. The number of fused-ring (bicyclic) bond motifs is 3. The van der Waals surface area contributed by atoms with E-state index in [0.717, 1.165) is 12.1 Å². The van der Waals surface area contributed by atoms with E-state index in [2.05, 4.69) is 4.98 Å². The third-order valence-corrected chi connectivity index (χ3v) is 4.22. The van der Waals surface area contributed by atoms with Crippen molar-refractivity contribution < 1.29 is 17.9 Å². The quantitative estimate of drug-likeness (QED) is 0.674. The highest BCUT2D eigenvalue weighted by molar-refractivity contribution is 5.85. The number of ether oxygens (including phenoxy) is 1. The van der Waals surface area contributed by atoms with Crippen LogP contribution in [0.4, 0.5) is 13.2 Å². The van der Waals surface area contributed by atoms with Crippen molar-refractivity contribution in [2.45, 2.75) is 25.6 Å². The molecule has 3 heterocycles. The van der Waals surface area contributed by atoms with Gasteiger partial charge in [-0.05, 0) is 37.3 Å². The predicted octanol–water partition coefficient (Wildman–Crippen LogP) is 3.73. The number of pyridine rings is 2. The average molecular weight is 346 g/mol. The maximum atomic E-state index is 13.0. The molecule has 0 spiro atoms. The van der Waals surface area contributed by atoms with Gasteiger partial charge < -0.3 is 4.74 Å². The lowest BCUT2D eigenvalue weighted by molar-refractivity contribution is -0.137. The van der Waals surface area contributed by atoms with Crippen molar-refractivity contribution in [2.75, 3.05) is 0 Å². The Morgan fingerprint density at radius 1 is 1.24 bits per heavy atom. The zero-order chi connectivity index (χ0) is 17.8. The molecule has 0 radical (unpaired) electrons. The van der Waals surface area contributed by atoms with Gasteiger partial charge in [0.25, 0.3) is 5.56 Å². The molecular formula is C18H13F3N2O2. The Morgan fingerprint density at radius 3 is 2.80 bits per heavy atom. The number of halogens is 3. The smallest absolute Gasteiger partial charge is 0.416 e. The molecule has 1 aliphatic rings. The third kappa shape index (κ3) is 2.47. The second-order valence-corrected chi connectivity index (χ2v) is 6.00. The van der Waals surface area contributed by atoms with E-state index >= 15 is 0 Å². The summed E-state index contributed by atoms with van der Waals surface area (Å²) in [5, 5.41) is 0.610. The molecule has 0 N–H and O–H groups in total. The van der Waals surface area contributed by atoms with Crippen molar-refractivity contribution in [2.24, 2.45) is 0 Å².